The third-order valence-corrected chi connectivity index (χ3v) is 5.19. The summed E-state index contributed by atoms with van der Waals surface area (Å²) in [4.78, 5) is 20.9. The minimum absolute atomic E-state index is 0.345. The zero-order chi connectivity index (χ0) is 20.9. The molecule has 0 unspecified atom stereocenters. The molecular weight excluding hydrogens is 395 g/mol. The molecule has 0 radical (unpaired) electrons. The summed E-state index contributed by atoms with van der Waals surface area (Å²) in [5.41, 5.74) is 4.74. The molecular formula is C22H15FN8. The Morgan fingerprint density at radius 1 is 1.06 bits per heavy atom. The van der Waals surface area contributed by atoms with Gasteiger partial charge in [0.05, 0.1) is 16.7 Å². The van der Waals surface area contributed by atoms with Crippen LogP contribution >= 0.6 is 0 Å². The van der Waals surface area contributed by atoms with Gasteiger partial charge in [0.25, 0.3) is 0 Å². The van der Waals surface area contributed by atoms with Crippen molar-refractivity contribution >= 4 is 21.9 Å². The fraction of sp³-hybridized carbons (Fsp3) is 0.0455. The first-order valence-corrected chi connectivity index (χ1v) is 9.61. The van der Waals surface area contributed by atoms with Gasteiger partial charge in [0, 0.05) is 47.4 Å². The predicted molar refractivity (Wildman–Crippen MR) is 114 cm³/mol. The summed E-state index contributed by atoms with van der Waals surface area (Å²) in [7, 11) is 0. The van der Waals surface area contributed by atoms with E-state index in [1.54, 1.807) is 37.1 Å². The molecule has 0 saturated carbocycles. The van der Waals surface area contributed by atoms with Gasteiger partial charge in [-0.15, -0.1) is 0 Å². The molecule has 6 aromatic rings. The van der Waals surface area contributed by atoms with E-state index in [1.807, 2.05) is 29.8 Å². The van der Waals surface area contributed by atoms with Gasteiger partial charge in [-0.3, -0.25) is 14.6 Å². The Hall–Kier alpha value is -4.40. The monoisotopic (exact) mass is 410 g/mol. The highest BCUT2D eigenvalue weighted by atomic mass is 19.1. The summed E-state index contributed by atoms with van der Waals surface area (Å²) < 4.78 is 16.5. The van der Waals surface area contributed by atoms with Gasteiger partial charge in [-0.2, -0.15) is 5.10 Å². The molecule has 0 spiro atoms. The minimum Gasteiger partial charge on any atom is -0.336 e. The number of rotatable bonds is 3. The van der Waals surface area contributed by atoms with E-state index in [1.165, 1.54) is 6.07 Å². The second kappa shape index (κ2) is 6.56. The summed E-state index contributed by atoms with van der Waals surface area (Å²) in [6, 6.07) is 8.67. The van der Waals surface area contributed by atoms with Crippen molar-refractivity contribution in [2.24, 2.45) is 0 Å². The van der Waals surface area contributed by atoms with Crippen LogP contribution in [0.4, 0.5) is 4.39 Å². The Bertz CT molecular complexity index is 1560. The maximum absolute atomic E-state index is 14.7. The van der Waals surface area contributed by atoms with Crippen molar-refractivity contribution in [2.75, 3.05) is 0 Å². The van der Waals surface area contributed by atoms with Gasteiger partial charge in [-0.25, -0.2) is 19.3 Å². The number of aryl methyl sites for hydroxylation is 1. The first-order chi connectivity index (χ1) is 15.2. The van der Waals surface area contributed by atoms with Crippen LogP contribution in [0.3, 0.4) is 0 Å². The van der Waals surface area contributed by atoms with E-state index in [-0.39, 0.29) is 5.82 Å². The molecule has 0 bridgehead atoms. The average Bonchev–Trinajstić information content (AvgIpc) is 3.50. The van der Waals surface area contributed by atoms with Crippen LogP contribution in [0.15, 0.2) is 61.4 Å². The van der Waals surface area contributed by atoms with Crippen molar-refractivity contribution in [2.45, 2.75) is 6.92 Å². The van der Waals surface area contributed by atoms with E-state index < -0.39 is 0 Å². The summed E-state index contributed by atoms with van der Waals surface area (Å²) in [5.74, 6) is 0.890. The fourth-order valence-electron chi connectivity index (χ4n) is 3.72. The Morgan fingerprint density at radius 3 is 2.81 bits per heavy atom. The number of H-pyrrole nitrogens is 2. The van der Waals surface area contributed by atoms with Crippen molar-refractivity contribution in [3.05, 3.63) is 73.0 Å². The van der Waals surface area contributed by atoms with Crippen LogP contribution in [-0.4, -0.2) is 39.7 Å². The lowest BCUT2D eigenvalue weighted by Crippen LogP contribution is -1.95. The molecule has 1 aromatic carbocycles. The molecule has 5 aromatic heterocycles. The molecule has 31 heavy (non-hydrogen) atoms. The Labute approximate surface area is 174 Å². The molecule has 5 heterocycles. The number of hydrogen-bond acceptors (Lipinski definition) is 5. The molecule has 9 heteroatoms. The minimum atomic E-state index is -0.345. The third-order valence-electron chi connectivity index (χ3n) is 5.19. The van der Waals surface area contributed by atoms with Gasteiger partial charge in [0.15, 0.2) is 11.6 Å². The zero-order valence-corrected chi connectivity index (χ0v) is 16.3. The molecule has 0 atom stereocenters. The van der Waals surface area contributed by atoms with E-state index in [2.05, 4.69) is 30.1 Å². The second-order valence-electron chi connectivity index (χ2n) is 7.23. The summed E-state index contributed by atoms with van der Waals surface area (Å²) in [6.45, 7) is 1.92. The van der Waals surface area contributed by atoms with Crippen LogP contribution in [0.1, 0.15) is 5.69 Å². The third kappa shape index (κ3) is 2.78. The number of nitrogens with one attached hydrogen (secondary N) is 2. The number of aromatic nitrogens is 8. The van der Waals surface area contributed by atoms with Crippen LogP contribution in [0.5, 0.6) is 0 Å². The van der Waals surface area contributed by atoms with Crippen LogP contribution in [0.25, 0.3) is 50.4 Å². The topological polar surface area (TPSA) is 101 Å². The first kappa shape index (κ1) is 17.5. The number of aromatic amines is 2. The maximum Gasteiger partial charge on any atom is 0.166 e. The van der Waals surface area contributed by atoms with Gasteiger partial charge in [-0.05, 0) is 25.1 Å². The fourth-order valence-corrected chi connectivity index (χ4v) is 3.72. The molecule has 0 aliphatic heterocycles. The van der Waals surface area contributed by atoms with Crippen LogP contribution in [0, 0.1) is 12.7 Å². The van der Waals surface area contributed by atoms with Gasteiger partial charge >= 0.3 is 0 Å². The van der Waals surface area contributed by atoms with E-state index in [9.17, 15) is 4.39 Å². The van der Waals surface area contributed by atoms with Gasteiger partial charge < -0.3 is 4.98 Å². The Morgan fingerprint density at radius 2 is 2.00 bits per heavy atom. The molecule has 6 rings (SSSR count). The highest BCUT2D eigenvalue weighted by Gasteiger charge is 2.18. The Kier molecular flexibility index (Phi) is 3.69. The molecule has 0 saturated heterocycles. The standard InChI is InChI=1S/C22H15FN8/c1-12-10-31(11-26-12)22-20-17(4-6-25-22)27-21(28-20)19-15-7-14(13-3-2-5-24-9-13)16(23)8-18(15)29-30-19/h2-11H,1H3,(H,27,28)(H,29,30). The van der Waals surface area contributed by atoms with Crippen molar-refractivity contribution in [3.63, 3.8) is 0 Å². The lowest BCUT2D eigenvalue weighted by molar-refractivity contribution is 0.632. The van der Waals surface area contributed by atoms with Gasteiger partial charge in [0.2, 0.25) is 0 Å². The number of hydrogen-bond donors (Lipinski definition) is 2. The SMILES string of the molecule is Cc1cn(-c2nccc3[nH]c(-c4n[nH]c5cc(F)c(-c6cccnc6)cc45)nc23)cn1. The number of pyridine rings is 2. The van der Waals surface area contributed by atoms with E-state index in [4.69, 9.17) is 4.98 Å². The van der Waals surface area contributed by atoms with Crippen molar-refractivity contribution in [3.8, 4) is 28.5 Å². The first-order valence-electron chi connectivity index (χ1n) is 9.61. The quantitative estimate of drug-likeness (QED) is 0.455. The lowest BCUT2D eigenvalue weighted by atomic mass is 10.0. The highest BCUT2D eigenvalue weighted by molar-refractivity contribution is 5.96. The number of fused-ring (bicyclic) bond motifs is 2. The van der Waals surface area contributed by atoms with E-state index in [0.717, 1.165) is 16.6 Å². The van der Waals surface area contributed by atoms with Crippen LogP contribution in [-0.2, 0) is 0 Å². The smallest absolute Gasteiger partial charge is 0.166 e. The predicted octanol–water partition coefficient (Wildman–Crippen LogP) is 4.20. The molecule has 150 valence electrons. The summed E-state index contributed by atoms with van der Waals surface area (Å²) in [6.07, 6.45) is 8.61. The van der Waals surface area contributed by atoms with Crippen LogP contribution < -0.4 is 0 Å². The molecule has 0 aliphatic carbocycles. The van der Waals surface area contributed by atoms with Gasteiger partial charge in [-0.1, -0.05) is 6.07 Å². The average molecular weight is 410 g/mol. The number of imidazole rings is 2. The Balaban J connectivity index is 1.54. The molecule has 8 nitrogen and oxygen atoms in total. The maximum atomic E-state index is 14.7. The molecule has 0 fully saturated rings. The van der Waals surface area contributed by atoms with E-state index >= 15 is 0 Å². The number of benzene rings is 1. The largest absolute Gasteiger partial charge is 0.336 e. The molecule has 0 aliphatic rings. The number of halogens is 1. The van der Waals surface area contributed by atoms with Crippen molar-refractivity contribution in [1.82, 2.24) is 39.7 Å². The lowest BCUT2D eigenvalue weighted by Gasteiger charge is -2.03. The summed E-state index contributed by atoms with van der Waals surface area (Å²) >= 11 is 0. The highest BCUT2D eigenvalue weighted by Crippen LogP contribution is 2.32. The zero-order valence-electron chi connectivity index (χ0n) is 16.3. The molecule has 2 N–H and O–H groups in total. The summed E-state index contributed by atoms with van der Waals surface area (Å²) in [5, 5.41) is 8.06. The number of nitrogens with zero attached hydrogens (tertiary/aromatic N) is 6. The molecule has 0 amide bonds. The van der Waals surface area contributed by atoms with E-state index in [0.29, 0.717) is 39.5 Å². The van der Waals surface area contributed by atoms with Gasteiger partial charge in [0.1, 0.15) is 23.4 Å². The second-order valence-corrected chi connectivity index (χ2v) is 7.23. The van der Waals surface area contributed by atoms with Crippen LogP contribution in [0.2, 0.25) is 0 Å². The van der Waals surface area contributed by atoms with Crippen molar-refractivity contribution < 1.29 is 4.39 Å². The van der Waals surface area contributed by atoms with Crippen molar-refractivity contribution in [1.29, 1.82) is 0 Å². The normalized spacial score (nSPS) is 11.5.